The average Bonchev–Trinajstić information content (AvgIpc) is 1.77. The Morgan fingerprint density at radius 3 is 2.88 bits per heavy atom. The molecule has 1 aliphatic rings. The van der Waals surface area contributed by atoms with Gasteiger partial charge in [-0.3, -0.25) is 0 Å². The minimum absolute atomic E-state index is 0.194. The Morgan fingerprint density at radius 2 is 2.50 bits per heavy atom. The van der Waals surface area contributed by atoms with Crippen LogP contribution in [0.2, 0.25) is 0 Å². The third kappa shape index (κ3) is 1.13. The lowest BCUT2D eigenvalue weighted by molar-refractivity contribution is 0.893. The molecule has 0 spiro atoms. The van der Waals surface area contributed by atoms with E-state index in [4.69, 9.17) is 5.41 Å². The molecule has 0 amide bonds. The van der Waals surface area contributed by atoms with Crippen molar-refractivity contribution in [2.75, 3.05) is 0 Å². The van der Waals surface area contributed by atoms with Crippen LogP contribution in [0.1, 0.15) is 12.8 Å². The van der Waals surface area contributed by atoms with Crippen molar-refractivity contribution in [3.8, 4) is 0 Å². The average molecular weight is 127 g/mol. The maximum atomic E-state index is 7.23. The van der Waals surface area contributed by atoms with E-state index in [-0.39, 0.29) is 5.25 Å². The fourth-order valence-corrected chi connectivity index (χ4v) is 0.966. The third-order valence-corrected chi connectivity index (χ3v) is 1.80. The highest BCUT2D eigenvalue weighted by atomic mass is 32.1. The van der Waals surface area contributed by atoms with E-state index in [1.54, 1.807) is 0 Å². The molecule has 1 nitrogen and oxygen atoms in total. The van der Waals surface area contributed by atoms with E-state index in [0.29, 0.717) is 5.71 Å². The smallest absolute Gasteiger partial charge is 0.0438 e. The van der Waals surface area contributed by atoms with Crippen LogP contribution in [0.25, 0.3) is 0 Å². The molecule has 1 aliphatic carbocycles. The zero-order chi connectivity index (χ0) is 5.98. The Labute approximate surface area is 54.7 Å². The molecule has 0 aromatic heterocycles. The summed E-state index contributed by atoms with van der Waals surface area (Å²) >= 11 is 4.18. The fraction of sp³-hybridized carbons (Fsp3) is 0.500. The molecule has 0 saturated heterocycles. The summed E-state index contributed by atoms with van der Waals surface area (Å²) in [5, 5.41) is 7.43. The highest BCUT2D eigenvalue weighted by Crippen LogP contribution is 2.12. The fourth-order valence-electron chi connectivity index (χ4n) is 0.731. The number of rotatable bonds is 0. The van der Waals surface area contributed by atoms with Crippen LogP contribution in [0.3, 0.4) is 0 Å². The van der Waals surface area contributed by atoms with Gasteiger partial charge in [0, 0.05) is 11.0 Å². The van der Waals surface area contributed by atoms with Crippen LogP contribution in [0.15, 0.2) is 12.2 Å². The first kappa shape index (κ1) is 5.89. The lowest BCUT2D eigenvalue weighted by Crippen LogP contribution is -2.13. The second-order valence-corrected chi connectivity index (χ2v) is 2.57. The molecule has 1 N–H and O–H groups in total. The van der Waals surface area contributed by atoms with Crippen LogP contribution in [0.4, 0.5) is 0 Å². The zero-order valence-electron chi connectivity index (χ0n) is 4.59. The van der Waals surface area contributed by atoms with E-state index in [9.17, 15) is 0 Å². The summed E-state index contributed by atoms with van der Waals surface area (Å²) in [5.41, 5.74) is 0.652. The van der Waals surface area contributed by atoms with Gasteiger partial charge in [-0.25, -0.2) is 0 Å². The van der Waals surface area contributed by atoms with Gasteiger partial charge < -0.3 is 5.41 Å². The Morgan fingerprint density at radius 1 is 1.75 bits per heavy atom. The van der Waals surface area contributed by atoms with Crippen LogP contribution < -0.4 is 0 Å². The van der Waals surface area contributed by atoms with E-state index in [1.165, 1.54) is 0 Å². The molecule has 2 heteroatoms. The molecule has 0 unspecified atom stereocenters. The van der Waals surface area contributed by atoms with Crippen molar-refractivity contribution in [3.05, 3.63) is 12.2 Å². The Bertz CT molecular complexity index is 128. The number of allylic oxidation sites excluding steroid dienone is 2. The maximum absolute atomic E-state index is 7.23. The van der Waals surface area contributed by atoms with E-state index in [0.717, 1.165) is 12.8 Å². The van der Waals surface area contributed by atoms with Gasteiger partial charge in [-0.05, 0) is 18.9 Å². The Balaban J connectivity index is 2.60. The van der Waals surface area contributed by atoms with Gasteiger partial charge >= 0.3 is 0 Å². The first-order chi connectivity index (χ1) is 3.80. The number of hydrogen-bond donors (Lipinski definition) is 2. The quantitative estimate of drug-likeness (QED) is 0.462. The molecular weight excluding hydrogens is 118 g/mol. The summed E-state index contributed by atoms with van der Waals surface area (Å²) in [6.45, 7) is 0. The van der Waals surface area contributed by atoms with Gasteiger partial charge in [0.1, 0.15) is 0 Å². The summed E-state index contributed by atoms with van der Waals surface area (Å²) in [6.07, 6.45) is 5.96. The highest BCUT2D eigenvalue weighted by molar-refractivity contribution is 7.81. The predicted molar refractivity (Wildman–Crippen MR) is 38.9 cm³/mol. The molecule has 0 heterocycles. The van der Waals surface area contributed by atoms with Crippen LogP contribution >= 0.6 is 12.6 Å². The van der Waals surface area contributed by atoms with Crippen molar-refractivity contribution < 1.29 is 0 Å². The van der Waals surface area contributed by atoms with Gasteiger partial charge in [-0.2, -0.15) is 12.6 Å². The molecule has 0 aromatic carbocycles. The lowest BCUT2D eigenvalue weighted by Gasteiger charge is -2.10. The molecule has 1 atom stereocenters. The molecule has 44 valence electrons. The topological polar surface area (TPSA) is 23.9 Å². The SMILES string of the molecule is N=C1C=CCC[C@@H]1S. The highest BCUT2D eigenvalue weighted by Gasteiger charge is 2.08. The summed E-state index contributed by atoms with van der Waals surface area (Å²) < 4.78 is 0. The summed E-state index contributed by atoms with van der Waals surface area (Å²) in [4.78, 5) is 0. The van der Waals surface area contributed by atoms with Crippen molar-refractivity contribution in [1.82, 2.24) is 0 Å². The van der Waals surface area contributed by atoms with Gasteiger partial charge in [-0.1, -0.05) is 6.08 Å². The molecule has 0 aromatic rings. The van der Waals surface area contributed by atoms with Crippen LogP contribution in [-0.4, -0.2) is 11.0 Å². The standard InChI is InChI=1S/C6H9NS/c7-5-3-1-2-4-6(5)8/h1,3,6-8H,2,4H2/t6-/m0/s1. The number of thiol groups is 1. The van der Waals surface area contributed by atoms with Gasteiger partial charge in [0.15, 0.2) is 0 Å². The van der Waals surface area contributed by atoms with Gasteiger partial charge in [0.2, 0.25) is 0 Å². The van der Waals surface area contributed by atoms with Crippen LogP contribution in [-0.2, 0) is 0 Å². The monoisotopic (exact) mass is 127 g/mol. The third-order valence-electron chi connectivity index (χ3n) is 1.26. The van der Waals surface area contributed by atoms with E-state index in [2.05, 4.69) is 12.6 Å². The van der Waals surface area contributed by atoms with E-state index >= 15 is 0 Å². The van der Waals surface area contributed by atoms with Crippen molar-refractivity contribution in [2.45, 2.75) is 18.1 Å². The summed E-state index contributed by atoms with van der Waals surface area (Å²) in [7, 11) is 0. The minimum Gasteiger partial charge on any atom is -0.304 e. The molecule has 8 heavy (non-hydrogen) atoms. The summed E-state index contributed by atoms with van der Waals surface area (Å²) in [5.74, 6) is 0. The number of hydrogen-bond acceptors (Lipinski definition) is 2. The Kier molecular flexibility index (Phi) is 1.73. The van der Waals surface area contributed by atoms with Gasteiger partial charge in [0.25, 0.3) is 0 Å². The van der Waals surface area contributed by atoms with Gasteiger partial charge in [0.05, 0.1) is 0 Å². The van der Waals surface area contributed by atoms with Crippen molar-refractivity contribution in [3.63, 3.8) is 0 Å². The largest absolute Gasteiger partial charge is 0.304 e. The molecule has 0 fully saturated rings. The van der Waals surface area contributed by atoms with Crippen LogP contribution in [0.5, 0.6) is 0 Å². The first-order valence-electron chi connectivity index (χ1n) is 2.74. The van der Waals surface area contributed by atoms with Gasteiger partial charge in [-0.15, -0.1) is 0 Å². The second kappa shape index (κ2) is 2.35. The molecule has 0 radical (unpaired) electrons. The summed E-state index contributed by atoms with van der Waals surface area (Å²) in [6, 6.07) is 0. The normalized spacial score (nSPS) is 28.6. The zero-order valence-corrected chi connectivity index (χ0v) is 5.49. The molecule has 0 saturated carbocycles. The van der Waals surface area contributed by atoms with E-state index in [1.807, 2.05) is 12.2 Å². The molecule has 1 rings (SSSR count). The second-order valence-electron chi connectivity index (χ2n) is 1.95. The van der Waals surface area contributed by atoms with Crippen molar-refractivity contribution in [1.29, 1.82) is 5.41 Å². The lowest BCUT2D eigenvalue weighted by atomic mass is 10.1. The molecule has 0 bridgehead atoms. The molecular formula is C6H9NS. The Hall–Kier alpha value is -0.240. The van der Waals surface area contributed by atoms with E-state index < -0.39 is 0 Å². The number of nitrogens with one attached hydrogen (secondary N) is 1. The van der Waals surface area contributed by atoms with Crippen molar-refractivity contribution >= 4 is 18.3 Å². The van der Waals surface area contributed by atoms with Crippen molar-refractivity contribution in [2.24, 2.45) is 0 Å². The van der Waals surface area contributed by atoms with Crippen LogP contribution in [0, 0.1) is 5.41 Å². The molecule has 0 aliphatic heterocycles. The minimum atomic E-state index is 0.194. The maximum Gasteiger partial charge on any atom is 0.0438 e. The predicted octanol–water partition coefficient (Wildman–Crippen LogP) is 1.65. The first-order valence-corrected chi connectivity index (χ1v) is 3.25.